The van der Waals surface area contributed by atoms with Crippen LogP contribution in [0.2, 0.25) is 0 Å². The van der Waals surface area contributed by atoms with Crippen LogP contribution in [0.25, 0.3) is 10.9 Å². The minimum Gasteiger partial charge on any atom is -0.335 e. The van der Waals surface area contributed by atoms with E-state index >= 15 is 0 Å². The van der Waals surface area contributed by atoms with Crippen LogP contribution in [0.1, 0.15) is 29.9 Å². The van der Waals surface area contributed by atoms with Gasteiger partial charge in [0.1, 0.15) is 5.69 Å². The minimum absolute atomic E-state index is 0.00189. The van der Waals surface area contributed by atoms with E-state index in [1.165, 1.54) is 5.56 Å². The summed E-state index contributed by atoms with van der Waals surface area (Å²) in [6.07, 6.45) is 3.43. The predicted octanol–water partition coefficient (Wildman–Crippen LogP) is 3.68. The number of benzene rings is 1. The quantitative estimate of drug-likeness (QED) is 0.735. The molecule has 0 radical (unpaired) electrons. The Balaban J connectivity index is 1.58. The van der Waals surface area contributed by atoms with E-state index in [-0.39, 0.29) is 11.3 Å². The molecule has 0 bridgehead atoms. The van der Waals surface area contributed by atoms with Crippen molar-refractivity contribution in [3.8, 4) is 0 Å². The van der Waals surface area contributed by atoms with Crippen molar-refractivity contribution in [2.45, 2.75) is 19.3 Å². The summed E-state index contributed by atoms with van der Waals surface area (Å²) in [4.78, 5) is 23.3. The Kier molecular flexibility index (Phi) is 3.75. The molecule has 0 atom stereocenters. The molecular formula is C21H21N3O. The molecule has 0 spiro atoms. The summed E-state index contributed by atoms with van der Waals surface area (Å²) >= 11 is 0. The highest BCUT2D eigenvalue weighted by molar-refractivity contribution is 5.95. The minimum atomic E-state index is -0.00189. The molecule has 3 heterocycles. The van der Waals surface area contributed by atoms with Crippen molar-refractivity contribution in [2.75, 3.05) is 13.1 Å². The molecule has 1 amide bonds. The second-order valence-corrected chi connectivity index (χ2v) is 7.10. The molecule has 4 rings (SSSR count). The standard InChI is InChI=1S/C21H21N3O/c1-15(2)21(17-6-4-3-5-7-17)13-24(14-21)20(25)18-9-8-16-10-11-22-12-19(16)23-18/h3-12,15H,13-14H2,1-2H3. The molecule has 4 heteroatoms. The molecule has 126 valence electrons. The Morgan fingerprint density at radius 2 is 1.84 bits per heavy atom. The van der Waals surface area contributed by atoms with Crippen LogP contribution in [0.4, 0.5) is 0 Å². The molecule has 0 unspecified atom stereocenters. The molecule has 25 heavy (non-hydrogen) atoms. The third-order valence-corrected chi connectivity index (χ3v) is 5.40. The normalized spacial score (nSPS) is 16.0. The Morgan fingerprint density at radius 1 is 1.08 bits per heavy atom. The molecule has 1 aromatic carbocycles. The molecule has 1 saturated heterocycles. The van der Waals surface area contributed by atoms with Gasteiger partial charge in [-0.1, -0.05) is 50.2 Å². The monoisotopic (exact) mass is 331 g/mol. The fraction of sp³-hybridized carbons (Fsp3) is 0.286. The van der Waals surface area contributed by atoms with E-state index in [9.17, 15) is 4.79 Å². The third-order valence-electron chi connectivity index (χ3n) is 5.40. The zero-order chi connectivity index (χ0) is 17.4. The van der Waals surface area contributed by atoms with Gasteiger partial charge in [0, 0.05) is 30.1 Å². The van der Waals surface area contributed by atoms with Gasteiger partial charge in [0.05, 0.1) is 11.7 Å². The van der Waals surface area contributed by atoms with E-state index in [1.54, 1.807) is 12.4 Å². The van der Waals surface area contributed by atoms with Gasteiger partial charge in [-0.3, -0.25) is 9.78 Å². The third kappa shape index (κ3) is 2.58. The van der Waals surface area contributed by atoms with Gasteiger partial charge in [0.2, 0.25) is 0 Å². The topological polar surface area (TPSA) is 46.1 Å². The molecule has 4 nitrogen and oxygen atoms in total. The number of amides is 1. The maximum Gasteiger partial charge on any atom is 0.272 e. The fourth-order valence-electron chi connectivity index (χ4n) is 3.68. The van der Waals surface area contributed by atoms with Crippen LogP contribution in [-0.2, 0) is 5.41 Å². The number of likely N-dealkylation sites (tertiary alicyclic amines) is 1. The Morgan fingerprint density at radius 3 is 2.56 bits per heavy atom. The van der Waals surface area contributed by atoms with Gasteiger partial charge >= 0.3 is 0 Å². The van der Waals surface area contributed by atoms with E-state index in [0.29, 0.717) is 11.6 Å². The molecular weight excluding hydrogens is 310 g/mol. The van der Waals surface area contributed by atoms with E-state index in [1.807, 2.05) is 29.2 Å². The number of hydrogen-bond donors (Lipinski definition) is 0. The zero-order valence-corrected chi connectivity index (χ0v) is 14.5. The Labute approximate surface area is 147 Å². The lowest BCUT2D eigenvalue weighted by atomic mass is 9.66. The fourth-order valence-corrected chi connectivity index (χ4v) is 3.68. The van der Waals surface area contributed by atoms with E-state index in [4.69, 9.17) is 0 Å². The van der Waals surface area contributed by atoms with Gasteiger partial charge in [-0.25, -0.2) is 4.98 Å². The van der Waals surface area contributed by atoms with Crippen LogP contribution in [0.3, 0.4) is 0 Å². The average molecular weight is 331 g/mol. The SMILES string of the molecule is CC(C)C1(c2ccccc2)CN(C(=O)c2ccc3ccncc3n2)C1. The lowest BCUT2D eigenvalue weighted by Crippen LogP contribution is -2.63. The second-order valence-electron chi connectivity index (χ2n) is 7.10. The van der Waals surface area contributed by atoms with Gasteiger partial charge in [-0.15, -0.1) is 0 Å². The molecule has 0 N–H and O–H groups in total. The smallest absolute Gasteiger partial charge is 0.272 e. The molecule has 1 aliphatic heterocycles. The summed E-state index contributed by atoms with van der Waals surface area (Å²) < 4.78 is 0. The van der Waals surface area contributed by atoms with Crippen LogP contribution < -0.4 is 0 Å². The van der Waals surface area contributed by atoms with Gasteiger partial charge in [-0.05, 0) is 23.6 Å². The highest BCUT2D eigenvalue weighted by Gasteiger charge is 2.48. The lowest BCUT2D eigenvalue weighted by Gasteiger charge is -2.53. The van der Waals surface area contributed by atoms with Crippen molar-refractivity contribution < 1.29 is 4.79 Å². The number of hydrogen-bond acceptors (Lipinski definition) is 3. The number of carbonyl (C=O) groups is 1. The van der Waals surface area contributed by atoms with Crippen molar-refractivity contribution in [1.29, 1.82) is 0 Å². The van der Waals surface area contributed by atoms with Gasteiger partial charge < -0.3 is 4.90 Å². The first-order valence-corrected chi connectivity index (χ1v) is 8.66. The molecule has 0 aliphatic carbocycles. The number of aromatic nitrogens is 2. The first-order chi connectivity index (χ1) is 12.1. The summed E-state index contributed by atoms with van der Waals surface area (Å²) in [6, 6.07) is 16.2. The predicted molar refractivity (Wildman–Crippen MR) is 98.4 cm³/mol. The van der Waals surface area contributed by atoms with Crippen molar-refractivity contribution in [2.24, 2.45) is 5.92 Å². The summed E-state index contributed by atoms with van der Waals surface area (Å²) in [5.41, 5.74) is 2.60. The molecule has 3 aromatic rings. The van der Waals surface area contributed by atoms with Gasteiger partial charge in [0.25, 0.3) is 5.91 Å². The lowest BCUT2D eigenvalue weighted by molar-refractivity contribution is 0.0232. The zero-order valence-electron chi connectivity index (χ0n) is 14.5. The van der Waals surface area contributed by atoms with Crippen LogP contribution in [0.5, 0.6) is 0 Å². The van der Waals surface area contributed by atoms with E-state index in [2.05, 4.69) is 48.1 Å². The van der Waals surface area contributed by atoms with Crippen LogP contribution in [0.15, 0.2) is 60.9 Å². The maximum absolute atomic E-state index is 12.9. The summed E-state index contributed by atoms with van der Waals surface area (Å²) in [7, 11) is 0. The highest BCUT2D eigenvalue weighted by Crippen LogP contribution is 2.41. The number of carbonyl (C=O) groups excluding carboxylic acids is 1. The van der Waals surface area contributed by atoms with Crippen LogP contribution in [0, 0.1) is 5.92 Å². The average Bonchev–Trinajstić information content (AvgIpc) is 2.61. The number of nitrogens with zero attached hydrogens (tertiary/aromatic N) is 3. The number of pyridine rings is 2. The van der Waals surface area contributed by atoms with E-state index in [0.717, 1.165) is 24.0 Å². The van der Waals surface area contributed by atoms with Crippen molar-refractivity contribution in [1.82, 2.24) is 14.9 Å². The Hall–Kier alpha value is -2.75. The van der Waals surface area contributed by atoms with Gasteiger partial charge in [-0.2, -0.15) is 0 Å². The van der Waals surface area contributed by atoms with E-state index < -0.39 is 0 Å². The molecule has 0 saturated carbocycles. The number of fused-ring (bicyclic) bond motifs is 1. The second kappa shape index (κ2) is 5.96. The van der Waals surface area contributed by atoms with Crippen molar-refractivity contribution >= 4 is 16.8 Å². The number of rotatable bonds is 3. The Bertz CT molecular complexity index is 915. The first kappa shape index (κ1) is 15.8. The van der Waals surface area contributed by atoms with Crippen molar-refractivity contribution in [3.05, 3.63) is 72.2 Å². The summed E-state index contributed by atoms with van der Waals surface area (Å²) in [6.45, 7) is 5.93. The van der Waals surface area contributed by atoms with Crippen LogP contribution >= 0.6 is 0 Å². The van der Waals surface area contributed by atoms with Crippen LogP contribution in [-0.4, -0.2) is 33.9 Å². The van der Waals surface area contributed by atoms with Crippen molar-refractivity contribution in [3.63, 3.8) is 0 Å². The van der Waals surface area contributed by atoms with Gasteiger partial charge in [0.15, 0.2) is 0 Å². The highest BCUT2D eigenvalue weighted by atomic mass is 16.2. The first-order valence-electron chi connectivity index (χ1n) is 8.66. The molecule has 1 aliphatic rings. The summed E-state index contributed by atoms with van der Waals surface area (Å²) in [5.74, 6) is 0.464. The maximum atomic E-state index is 12.9. The largest absolute Gasteiger partial charge is 0.335 e. The summed E-state index contributed by atoms with van der Waals surface area (Å²) in [5, 5.41) is 0.996. The molecule has 1 fully saturated rings. The molecule has 2 aromatic heterocycles.